The second kappa shape index (κ2) is 10.3. The summed E-state index contributed by atoms with van der Waals surface area (Å²) in [5.41, 5.74) is 2.06. The van der Waals surface area contributed by atoms with Crippen LogP contribution in [0.4, 0.5) is 10.5 Å². The molecule has 0 saturated heterocycles. The maximum Gasteiger partial charge on any atom is 0.419 e. The van der Waals surface area contributed by atoms with Crippen LogP contribution >= 0.6 is 0 Å². The molecule has 0 aliphatic rings. The molecule has 0 aromatic heterocycles. The molecule has 1 amide bonds. The molecule has 0 aliphatic heterocycles. The van der Waals surface area contributed by atoms with Gasteiger partial charge in [-0.3, -0.25) is 4.90 Å². The molecule has 0 N–H and O–H groups in total. The van der Waals surface area contributed by atoms with Crippen LogP contribution in [0.25, 0.3) is 0 Å². The molecule has 28 heavy (non-hydrogen) atoms. The number of anilines is 1. The lowest BCUT2D eigenvalue weighted by Crippen LogP contribution is -2.39. The van der Waals surface area contributed by atoms with Gasteiger partial charge in [0.25, 0.3) is 0 Å². The van der Waals surface area contributed by atoms with Crippen molar-refractivity contribution in [2.45, 2.75) is 46.1 Å². The van der Waals surface area contributed by atoms with E-state index in [1.807, 2.05) is 62.4 Å². The van der Waals surface area contributed by atoms with Crippen molar-refractivity contribution in [1.82, 2.24) is 4.90 Å². The number of hydrogen-bond acceptors (Lipinski definition) is 3. The Morgan fingerprint density at radius 3 is 2.25 bits per heavy atom. The lowest BCUT2D eigenvalue weighted by Gasteiger charge is -2.27. The summed E-state index contributed by atoms with van der Waals surface area (Å²) in [6.45, 7) is 9.49. The zero-order valence-electron chi connectivity index (χ0n) is 18.1. The third-order valence-corrected chi connectivity index (χ3v) is 5.02. The Morgan fingerprint density at radius 2 is 1.68 bits per heavy atom. The van der Waals surface area contributed by atoms with Gasteiger partial charge in [0.15, 0.2) is 0 Å². The zero-order valence-corrected chi connectivity index (χ0v) is 18.1. The Hall–Kier alpha value is -2.33. The number of benzene rings is 2. The molecular weight excluding hydrogens is 348 g/mol. The average molecular weight is 383 g/mol. The predicted octanol–water partition coefficient (Wildman–Crippen LogP) is 5.79. The Morgan fingerprint density at radius 1 is 1.00 bits per heavy atom. The number of ether oxygens (including phenoxy) is 1. The van der Waals surface area contributed by atoms with Crippen LogP contribution in [0, 0.1) is 5.92 Å². The van der Waals surface area contributed by atoms with Gasteiger partial charge in [0.05, 0.1) is 0 Å². The second-order valence-corrected chi connectivity index (χ2v) is 7.99. The van der Waals surface area contributed by atoms with Gasteiger partial charge in [-0.1, -0.05) is 44.2 Å². The first-order valence-corrected chi connectivity index (χ1v) is 10.1. The fraction of sp³-hybridized carbons (Fsp3) is 0.458. The summed E-state index contributed by atoms with van der Waals surface area (Å²) in [6, 6.07) is 17.6. The lowest BCUT2D eigenvalue weighted by molar-refractivity contribution is 0.205. The quantitative estimate of drug-likeness (QED) is 0.579. The van der Waals surface area contributed by atoms with Crippen LogP contribution in [0.3, 0.4) is 0 Å². The van der Waals surface area contributed by atoms with Gasteiger partial charge in [-0.05, 0) is 76.0 Å². The molecule has 2 rings (SSSR count). The van der Waals surface area contributed by atoms with Crippen LogP contribution in [-0.2, 0) is 0 Å². The van der Waals surface area contributed by atoms with Gasteiger partial charge in [0, 0.05) is 18.3 Å². The molecule has 0 heterocycles. The largest absolute Gasteiger partial charge is 0.419 e. The fourth-order valence-electron chi connectivity index (χ4n) is 3.83. The van der Waals surface area contributed by atoms with Crippen molar-refractivity contribution in [3.63, 3.8) is 0 Å². The molecule has 2 atom stereocenters. The number of amides is 1. The van der Waals surface area contributed by atoms with Gasteiger partial charge < -0.3 is 9.64 Å². The summed E-state index contributed by atoms with van der Waals surface area (Å²) in [6.07, 6.45) is 0.696. The van der Waals surface area contributed by atoms with Gasteiger partial charge in [0.1, 0.15) is 5.75 Å². The SMILES string of the molecule is CC[C@H](c1cccc(OC(=O)N(c2ccccc2)C(C)C)c1)[C@H](C)CN(C)C. The highest BCUT2D eigenvalue weighted by molar-refractivity contribution is 5.89. The Bertz CT molecular complexity index is 743. The van der Waals surface area contributed by atoms with Gasteiger partial charge in [-0.15, -0.1) is 0 Å². The minimum absolute atomic E-state index is 0.00147. The van der Waals surface area contributed by atoms with E-state index in [-0.39, 0.29) is 12.1 Å². The number of rotatable bonds is 8. The first-order chi connectivity index (χ1) is 13.3. The van der Waals surface area contributed by atoms with E-state index >= 15 is 0 Å². The third kappa shape index (κ3) is 5.83. The van der Waals surface area contributed by atoms with E-state index in [9.17, 15) is 4.79 Å². The Kier molecular flexibility index (Phi) is 8.06. The molecule has 0 aliphatic carbocycles. The van der Waals surface area contributed by atoms with Crippen LogP contribution in [0.5, 0.6) is 5.75 Å². The lowest BCUT2D eigenvalue weighted by atomic mass is 9.85. The summed E-state index contributed by atoms with van der Waals surface area (Å²) in [4.78, 5) is 16.8. The number of para-hydroxylation sites is 1. The minimum Gasteiger partial charge on any atom is -0.410 e. The summed E-state index contributed by atoms with van der Waals surface area (Å²) in [5.74, 6) is 1.54. The number of carbonyl (C=O) groups is 1. The fourth-order valence-corrected chi connectivity index (χ4v) is 3.83. The predicted molar refractivity (Wildman–Crippen MR) is 117 cm³/mol. The van der Waals surface area contributed by atoms with Crippen LogP contribution in [-0.4, -0.2) is 37.7 Å². The molecule has 0 spiro atoms. The minimum atomic E-state index is -0.354. The van der Waals surface area contributed by atoms with E-state index in [1.54, 1.807) is 4.90 Å². The average Bonchev–Trinajstić information content (AvgIpc) is 2.62. The van der Waals surface area contributed by atoms with Crippen molar-refractivity contribution in [2.75, 3.05) is 25.5 Å². The molecule has 2 aromatic carbocycles. The second-order valence-electron chi connectivity index (χ2n) is 7.99. The topological polar surface area (TPSA) is 32.8 Å². The Balaban J connectivity index is 2.20. The van der Waals surface area contributed by atoms with Crippen LogP contribution in [0.1, 0.15) is 45.6 Å². The van der Waals surface area contributed by atoms with Crippen LogP contribution < -0.4 is 9.64 Å². The van der Waals surface area contributed by atoms with E-state index in [0.717, 1.165) is 18.7 Å². The normalized spacial score (nSPS) is 13.4. The Labute approximate surface area is 170 Å². The number of hydrogen-bond donors (Lipinski definition) is 0. The highest BCUT2D eigenvalue weighted by atomic mass is 16.6. The monoisotopic (exact) mass is 382 g/mol. The van der Waals surface area contributed by atoms with Crippen molar-refractivity contribution >= 4 is 11.8 Å². The summed E-state index contributed by atoms with van der Waals surface area (Å²) in [5, 5.41) is 0. The maximum absolute atomic E-state index is 12.9. The molecule has 0 bridgehead atoms. The molecule has 2 aromatic rings. The van der Waals surface area contributed by atoms with E-state index in [0.29, 0.717) is 17.6 Å². The molecule has 0 unspecified atom stereocenters. The van der Waals surface area contributed by atoms with Crippen molar-refractivity contribution in [1.29, 1.82) is 0 Å². The summed E-state index contributed by atoms with van der Waals surface area (Å²) in [7, 11) is 4.21. The van der Waals surface area contributed by atoms with Gasteiger partial charge in [-0.2, -0.15) is 0 Å². The van der Waals surface area contributed by atoms with Gasteiger partial charge in [-0.25, -0.2) is 4.79 Å². The molecule has 4 nitrogen and oxygen atoms in total. The number of nitrogens with zero attached hydrogens (tertiary/aromatic N) is 2. The molecule has 4 heteroatoms. The van der Waals surface area contributed by atoms with E-state index < -0.39 is 0 Å². The summed E-state index contributed by atoms with van der Waals surface area (Å²) < 4.78 is 5.76. The van der Waals surface area contributed by atoms with Crippen molar-refractivity contribution in [3.8, 4) is 5.75 Å². The smallest absolute Gasteiger partial charge is 0.410 e. The van der Waals surface area contributed by atoms with Crippen molar-refractivity contribution < 1.29 is 9.53 Å². The van der Waals surface area contributed by atoms with Crippen LogP contribution in [0.2, 0.25) is 0 Å². The van der Waals surface area contributed by atoms with Crippen molar-refractivity contribution in [2.24, 2.45) is 5.92 Å². The van der Waals surface area contributed by atoms with Gasteiger partial charge >= 0.3 is 6.09 Å². The first-order valence-electron chi connectivity index (χ1n) is 10.1. The van der Waals surface area contributed by atoms with Crippen LogP contribution in [0.15, 0.2) is 54.6 Å². The standard InChI is InChI=1S/C24H34N2O2/c1-7-23(19(4)17-25(5)6)20-12-11-15-22(16-20)28-24(27)26(18(2)3)21-13-9-8-10-14-21/h8-16,18-19,23H,7,17H2,1-6H3/t19-,23+/m1/s1. The third-order valence-electron chi connectivity index (χ3n) is 5.02. The maximum atomic E-state index is 12.9. The van der Waals surface area contributed by atoms with Crippen molar-refractivity contribution in [3.05, 3.63) is 60.2 Å². The molecule has 0 fully saturated rings. The molecular formula is C24H34N2O2. The number of carbonyl (C=O) groups excluding carboxylic acids is 1. The summed E-state index contributed by atoms with van der Waals surface area (Å²) >= 11 is 0. The van der Waals surface area contributed by atoms with E-state index in [4.69, 9.17) is 4.74 Å². The first kappa shape index (κ1) is 22.0. The highest BCUT2D eigenvalue weighted by Crippen LogP contribution is 2.31. The molecule has 0 saturated carbocycles. The van der Waals surface area contributed by atoms with Gasteiger partial charge in [0.2, 0.25) is 0 Å². The molecule has 0 radical (unpaired) electrons. The highest BCUT2D eigenvalue weighted by Gasteiger charge is 2.22. The molecule has 152 valence electrons. The zero-order chi connectivity index (χ0) is 20.7. The van der Waals surface area contributed by atoms with E-state index in [2.05, 4.69) is 38.9 Å². The van der Waals surface area contributed by atoms with E-state index in [1.165, 1.54) is 5.56 Å².